The monoisotopic (exact) mass is 437 g/mol. The van der Waals surface area contributed by atoms with Crippen LogP contribution >= 0.6 is 0 Å². The van der Waals surface area contributed by atoms with Gasteiger partial charge in [0.25, 0.3) is 0 Å². The number of aromatic nitrogens is 2. The van der Waals surface area contributed by atoms with Crippen LogP contribution in [-0.4, -0.2) is 40.5 Å². The lowest BCUT2D eigenvalue weighted by Gasteiger charge is -2.17. The molecule has 0 radical (unpaired) electrons. The maximum absolute atomic E-state index is 13.4. The number of alkyl halides is 6. The van der Waals surface area contributed by atoms with Crippen LogP contribution in [0.4, 0.5) is 32.2 Å². The van der Waals surface area contributed by atoms with E-state index in [4.69, 9.17) is 4.74 Å². The topological polar surface area (TPSA) is 84.3 Å². The van der Waals surface area contributed by atoms with Gasteiger partial charge in [-0.15, -0.1) is 10.2 Å². The number of hydrogen-bond donors (Lipinski definition) is 2. The average molecular weight is 437 g/mol. The Morgan fingerprint density at radius 1 is 1.13 bits per heavy atom. The van der Waals surface area contributed by atoms with Crippen molar-refractivity contribution in [3.63, 3.8) is 0 Å². The van der Waals surface area contributed by atoms with Crippen molar-refractivity contribution in [1.82, 2.24) is 10.2 Å². The number of nitrogens with zero attached hydrogens (tertiary/aromatic N) is 2. The van der Waals surface area contributed by atoms with E-state index in [0.717, 1.165) is 6.07 Å². The highest BCUT2D eigenvalue weighted by Gasteiger charge is 2.39. The van der Waals surface area contributed by atoms with Gasteiger partial charge >= 0.3 is 18.3 Å². The molecule has 0 bridgehead atoms. The number of carbonyl (C=O) groups excluding carboxylic acids is 1. The molecule has 0 saturated carbocycles. The van der Waals surface area contributed by atoms with Crippen LogP contribution in [0.1, 0.15) is 35.3 Å². The van der Waals surface area contributed by atoms with Crippen LogP contribution in [-0.2, 0) is 17.1 Å². The Hall–Kier alpha value is -2.89. The number of rotatable bonds is 6. The number of esters is 1. The van der Waals surface area contributed by atoms with E-state index in [2.05, 4.69) is 15.5 Å². The highest BCUT2D eigenvalue weighted by molar-refractivity contribution is 5.95. The maximum atomic E-state index is 13.4. The summed E-state index contributed by atoms with van der Waals surface area (Å²) in [4.78, 5) is 12.2. The molecule has 12 heteroatoms. The fraction of sp³-hybridized carbons (Fsp3) is 0.389. The summed E-state index contributed by atoms with van der Waals surface area (Å²) in [5.74, 6) is -1.08. The van der Waals surface area contributed by atoms with Gasteiger partial charge in [-0.2, -0.15) is 26.3 Å². The summed E-state index contributed by atoms with van der Waals surface area (Å²) in [6, 6.07) is 2.01. The summed E-state index contributed by atoms with van der Waals surface area (Å²) in [6.07, 6.45) is -10.9. The summed E-state index contributed by atoms with van der Waals surface area (Å²) < 4.78 is 83.7. The third kappa shape index (κ3) is 5.59. The second kappa shape index (κ2) is 8.86. The van der Waals surface area contributed by atoms with Crippen LogP contribution in [0.2, 0.25) is 0 Å². The molecule has 0 spiro atoms. The number of benzene rings is 1. The zero-order valence-electron chi connectivity index (χ0n) is 15.7. The van der Waals surface area contributed by atoms with Gasteiger partial charge in [-0.1, -0.05) is 6.07 Å². The molecule has 6 nitrogen and oxygen atoms in total. The molecule has 1 aromatic heterocycles. The van der Waals surface area contributed by atoms with Crippen LogP contribution in [0.25, 0.3) is 11.3 Å². The quantitative estimate of drug-likeness (QED) is 0.522. The third-order valence-electron chi connectivity index (χ3n) is 3.78. The molecule has 0 aliphatic carbocycles. The Morgan fingerprint density at radius 2 is 1.80 bits per heavy atom. The lowest BCUT2D eigenvalue weighted by Crippen LogP contribution is -2.20. The predicted octanol–water partition coefficient (Wildman–Crippen LogP) is 4.15. The van der Waals surface area contributed by atoms with Crippen LogP contribution in [0.15, 0.2) is 24.3 Å². The van der Waals surface area contributed by atoms with E-state index in [1.165, 1.54) is 13.8 Å². The van der Waals surface area contributed by atoms with Gasteiger partial charge in [0.2, 0.25) is 0 Å². The summed E-state index contributed by atoms with van der Waals surface area (Å²) in [5, 5.41) is 19.2. The van der Waals surface area contributed by atoms with Crippen molar-refractivity contribution in [1.29, 1.82) is 0 Å². The first kappa shape index (κ1) is 23.4. The van der Waals surface area contributed by atoms with Crippen molar-refractivity contribution in [2.75, 3.05) is 18.5 Å². The Bertz CT molecular complexity index is 913. The molecule has 0 fully saturated rings. The van der Waals surface area contributed by atoms with E-state index < -0.39 is 46.8 Å². The molecular weight excluding hydrogens is 420 g/mol. The molecule has 2 N–H and O–H groups in total. The minimum atomic E-state index is -5.12. The van der Waals surface area contributed by atoms with Crippen molar-refractivity contribution in [3.8, 4) is 11.3 Å². The lowest BCUT2D eigenvalue weighted by atomic mass is 9.99. The molecule has 1 heterocycles. The van der Waals surface area contributed by atoms with Crippen molar-refractivity contribution in [3.05, 3.63) is 41.0 Å². The first-order chi connectivity index (χ1) is 13.8. The molecule has 0 unspecified atom stereocenters. The van der Waals surface area contributed by atoms with Crippen LogP contribution in [0, 0.1) is 0 Å². The van der Waals surface area contributed by atoms with Gasteiger partial charge in [0.1, 0.15) is 5.56 Å². The zero-order valence-corrected chi connectivity index (χ0v) is 15.7. The van der Waals surface area contributed by atoms with E-state index in [-0.39, 0.29) is 30.6 Å². The normalized spacial score (nSPS) is 13.1. The fourth-order valence-corrected chi connectivity index (χ4v) is 2.44. The highest BCUT2D eigenvalue weighted by atomic mass is 19.4. The van der Waals surface area contributed by atoms with Crippen molar-refractivity contribution in [2.45, 2.75) is 32.3 Å². The minimum absolute atomic E-state index is 0.0271. The second-order valence-electron chi connectivity index (χ2n) is 6.20. The molecule has 0 saturated heterocycles. The number of hydrogen-bond acceptors (Lipinski definition) is 6. The van der Waals surface area contributed by atoms with Gasteiger partial charge in [-0.3, -0.25) is 0 Å². The maximum Gasteiger partial charge on any atom is 0.417 e. The summed E-state index contributed by atoms with van der Waals surface area (Å²) in [5.41, 5.74) is -4.49. The first-order valence-corrected chi connectivity index (χ1v) is 8.60. The van der Waals surface area contributed by atoms with E-state index >= 15 is 0 Å². The van der Waals surface area contributed by atoms with Gasteiger partial charge in [0, 0.05) is 12.1 Å². The molecule has 2 aromatic rings. The average Bonchev–Trinajstić information content (AvgIpc) is 2.64. The van der Waals surface area contributed by atoms with E-state index in [1.807, 2.05) is 0 Å². The molecule has 0 aliphatic heterocycles. The van der Waals surface area contributed by atoms with Crippen molar-refractivity contribution in [2.24, 2.45) is 0 Å². The molecule has 1 aromatic carbocycles. The second-order valence-corrected chi connectivity index (χ2v) is 6.20. The number of aliphatic hydroxyl groups excluding tert-OH is 1. The van der Waals surface area contributed by atoms with Crippen LogP contribution < -0.4 is 5.32 Å². The Labute approximate surface area is 166 Å². The number of nitrogens with one attached hydrogen (secondary N) is 1. The molecule has 0 amide bonds. The lowest BCUT2D eigenvalue weighted by molar-refractivity contribution is -0.142. The Kier molecular flexibility index (Phi) is 6.91. The van der Waals surface area contributed by atoms with Crippen molar-refractivity contribution >= 4 is 11.8 Å². The Morgan fingerprint density at radius 3 is 2.33 bits per heavy atom. The smallest absolute Gasteiger partial charge is 0.417 e. The molecule has 1 atom stereocenters. The molecular formula is C18H17F6N3O3. The summed E-state index contributed by atoms with van der Waals surface area (Å²) >= 11 is 0. The molecule has 2 rings (SSSR count). The number of halogens is 6. The van der Waals surface area contributed by atoms with Crippen LogP contribution in [0.5, 0.6) is 0 Å². The van der Waals surface area contributed by atoms with E-state index in [9.17, 15) is 36.2 Å². The fourth-order valence-electron chi connectivity index (χ4n) is 2.44. The highest BCUT2D eigenvalue weighted by Crippen LogP contribution is 2.40. The van der Waals surface area contributed by atoms with Crippen LogP contribution in [0.3, 0.4) is 0 Å². The van der Waals surface area contributed by atoms with Gasteiger partial charge in [-0.25, -0.2) is 4.79 Å². The predicted molar refractivity (Wildman–Crippen MR) is 93.6 cm³/mol. The number of aliphatic hydroxyl groups is 1. The Balaban J connectivity index is 2.63. The van der Waals surface area contributed by atoms with Gasteiger partial charge in [-0.05, 0) is 32.0 Å². The number of carbonyl (C=O) groups is 1. The minimum Gasteiger partial charge on any atom is -0.462 e. The SMILES string of the molecule is CCOC(=O)c1cc(-c2ccc(C(F)(F)F)cc2C(F)(F)F)nnc1NC[C@@H](C)O. The summed E-state index contributed by atoms with van der Waals surface area (Å²) in [7, 11) is 0. The molecule has 30 heavy (non-hydrogen) atoms. The van der Waals surface area contributed by atoms with Gasteiger partial charge < -0.3 is 15.2 Å². The van der Waals surface area contributed by atoms with Gasteiger partial charge in [0.05, 0.1) is 29.5 Å². The zero-order chi connectivity index (χ0) is 22.7. The standard InChI is InChI=1S/C18H17F6N3O3/c1-3-30-16(29)12-7-14(26-27-15(12)25-8-9(2)28)11-5-4-10(17(19,20)21)6-13(11)18(22,23)24/h4-7,9,28H,3,8H2,1-2H3,(H,25,27)/t9-/m1/s1. The molecule has 0 aliphatic rings. The number of ether oxygens (including phenoxy) is 1. The largest absolute Gasteiger partial charge is 0.462 e. The summed E-state index contributed by atoms with van der Waals surface area (Å²) in [6.45, 7) is 2.86. The molecule has 164 valence electrons. The van der Waals surface area contributed by atoms with Crippen molar-refractivity contribution < 1.29 is 41.0 Å². The number of anilines is 1. The van der Waals surface area contributed by atoms with Gasteiger partial charge in [0.15, 0.2) is 5.82 Å². The third-order valence-corrected chi connectivity index (χ3v) is 3.78. The van der Waals surface area contributed by atoms with E-state index in [0.29, 0.717) is 12.1 Å². The first-order valence-electron chi connectivity index (χ1n) is 8.60. The van der Waals surface area contributed by atoms with E-state index in [1.54, 1.807) is 0 Å².